The largest absolute Gasteiger partial charge is 0.462 e. The maximum Gasteiger partial charge on any atom is 0.306 e. The van der Waals surface area contributed by atoms with Crippen LogP contribution in [0.4, 0.5) is 0 Å². The molecule has 6 heteroatoms. The van der Waals surface area contributed by atoms with Gasteiger partial charge in [0.05, 0.1) is 0 Å². The number of hydrogen-bond donors (Lipinski definition) is 0. The van der Waals surface area contributed by atoms with Gasteiger partial charge >= 0.3 is 17.9 Å². The molecule has 0 rings (SSSR count). The first-order chi connectivity index (χ1) is 37.0. The van der Waals surface area contributed by atoms with E-state index in [-0.39, 0.29) is 31.1 Å². The predicted molar refractivity (Wildman–Crippen MR) is 325 cm³/mol. The summed E-state index contributed by atoms with van der Waals surface area (Å²) in [5.74, 6) is -0.901. The number of carbonyl (C=O) groups is 3. The van der Waals surface area contributed by atoms with E-state index in [0.29, 0.717) is 19.3 Å². The van der Waals surface area contributed by atoms with E-state index >= 15 is 0 Å². The molecular formula is C69H118O6. The number of hydrogen-bond acceptors (Lipinski definition) is 6. The molecule has 0 aliphatic carbocycles. The Balaban J connectivity index is 4.09. The number of unbranched alkanes of at least 4 members (excludes halogenated alkanes) is 30. The highest BCUT2D eigenvalue weighted by molar-refractivity contribution is 5.71. The van der Waals surface area contributed by atoms with E-state index in [1.165, 1.54) is 135 Å². The minimum absolute atomic E-state index is 0.0833. The Morgan fingerprint density at radius 3 is 0.880 bits per heavy atom. The van der Waals surface area contributed by atoms with Crippen molar-refractivity contribution in [2.45, 2.75) is 309 Å². The number of esters is 3. The quantitative estimate of drug-likeness (QED) is 0.0261. The molecule has 75 heavy (non-hydrogen) atoms. The van der Waals surface area contributed by atoms with Gasteiger partial charge in [-0.2, -0.15) is 0 Å². The van der Waals surface area contributed by atoms with Gasteiger partial charge < -0.3 is 14.2 Å². The Morgan fingerprint density at radius 1 is 0.280 bits per heavy atom. The van der Waals surface area contributed by atoms with Gasteiger partial charge in [-0.05, 0) is 109 Å². The van der Waals surface area contributed by atoms with Gasteiger partial charge in [0, 0.05) is 19.3 Å². The molecule has 0 N–H and O–H groups in total. The molecule has 0 heterocycles. The maximum atomic E-state index is 12.8. The summed E-state index contributed by atoms with van der Waals surface area (Å²) in [4.78, 5) is 38.1. The molecule has 0 aromatic carbocycles. The van der Waals surface area contributed by atoms with Crippen molar-refractivity contribution in [3.05, 3.63) is 97.2 Å². The summed E-state index contributed by atoms with van der Waals surface area (Å²) in [6.07, 6.45) is 84.4. The van der Waals surface area contributed by atoms with Crippen molar-refractivity contribution >= 4 is 17.9 Å². The third kappa shape index (κ3) is 61.1. The number of carbonyl (C=O) groups excluding carboxylic acids is 3. The van der Waals surface area contributed by atoms with E-state index < -0.39 is 6.10 Å². The highest BCUT2D eigenvalue weighted by Crippen LogP contribution is 2.16. The lowest BCUT2D eigenvalue weighted by molar-refractivity contribution is -0.167. The molecule has 0 saturated heterocycles. The molecule has 0 aliphatic heterocycles. The molecular weight excluding hydrogens is 925 g/mol. The number of ether oxygens (including phenoxy) is 3. The fraction of sp³-hybridized carbons (Fsp3) is 0.725. The van der Waals surface area contributed by atoms with Crippen LogP contribution in [0.25, 0.3) is 0 Å². The summed E-state index contributed by atoms with van der Waals surface area (Å²) in [6, 6.07) is 0. The Labute approximate surface area is 464 Å². The Hall–Kier alpha value is -3.67. The SMILES string of the molecule is CC/C=C\C/C=C\C/C=C\C/C=C\C/C=C\CCCCCCCCCCCCCCCCCCCC(=O)OCC(COC(=O)CCCCCCC/C=C\CCC)OC(=O)CCCCCCC/C=C\C/C=C\CCCC. The first kappa shape index (κ1) is 71.3. The molecule has 1 unspecified atom stereocenters. The second kappa shape index (κ2) is 62.9. The average molecular weight is 1040 g/mol. The van der Waals surface area contributed by atoms with Crippen LogP contribution in [0.5, 0.6) is 0 Å². The summed E-state index contributed by atoms with van der Waals surface area (Å²) in [6.45, 7) is 6.42. The van der Waals surface area contributed by atoms with Crippen LogP contribution >= 0.6 is 0 Å². The molecule has 6 nitrogen and oxygen atoms in total. The van der Waals surface area contributed by atoms with Crippen LogP contribution in [0.1, 0.15) is 303 Å². The zero-order chi connectivity index (χ0) is 54.3. The van der Waals surface area contributed by atoms with Crippen molar-refractivity contribution in [2.24, 2.45) is 0 Å². The van der Waals surface area contributed by atoms with Crippen molar-refractivity contribution in [2.75, 3.05) is 13.2 Å². The lowest BCUT2D eigenvalue weighted by atomic mass is 10.0. The van der Waals surface area contributed by atoms with Crippen molar-refractivity contribution in [1.29, 1.82) is 0 Å². The molecule has 0 spiro atoms. The summed E-state index contributed by atoms with van der Waals surface area (Å²) >= 11 is 0. The molecule has 1 atom stereocenters. The van der Waals surface area contributed by atoms with Gasteiger partial charge in [0.1, 0.15) is 13.2 Å². The fourth-order valence-corrected chi connectivity index (χ4v) is 8.78. The molecule has 0 saturated carbocycles. The summed E-state index contributed by atoms with van der Waals surface area (Å²) in [5.41, 5.74) is 0. The van der Waals surface area contributed by atoms with Crippen LogP contribution in [0.15, 0.2) is 97.2 Å². The van der Waals surface area contributed by atoms with Gasteiger partial charge in [0.15, 0.2) is 6.10 Å². The van der Waals surface area contributed by atoms with Gasteiger partial charge in [-0.1, -0.05) is 272 Å². The molecule has 0 amide bonds. The maximum absolute atomic E-state index is 12.8. The summed E-state index contributed by atoms with van der Waals surface area (Å²) in [7, 11) is 0. The van der Waals surface area contributed by atoms with Crippen LogP contribution in [0.3, 0.4) is 0 Å². The Bertz CT molecular complexity index is 1480. The van der Waals surface area contributed by atoms with Crippen LogP contribution in [0, 0.1) is 0 Å². The molecule has 0 aliphatic rings. The van der Waals surface area contributed by atoms with E-state index in [2.05, 4.69) is 118 Å². The normalized spacial score (nSPS) is 12.7. The summed E-state index contributed by atoms with van der Waals surface area (Å²) < 4.78 is 16.8. The van der Waals surface area contributed by atoms with Crippen LogP contribution < -0.4 is 0 Å². The minimum atomic E-state index is -0.786. The van der Waals surface area contributed by atoms with Crippen LogP contribution in [-0.4, -0.2) is 37.2 Å². The van der Waals surface area contributed by atoms with Gasteiger partial charge in [0.25, 0.3) is 0 Å². The van der Waals surface area contributed by atoms with Crippen molar-refractivity contribution in [3.63, 3.8) is 0 Å². The lowest BCUT2D eigenvalue weighted by Gasteiger charge is -2.18. The second-order valence-electron chi connectivity index (χ2n) is 20.9. The van der Waals surface area contributed by atoms with E-state index in [9.17, 15) is 14.4 Å². The van der Waals surface area contributed by atoms with Gasteiger partial charge in [-0.25, -0.2) is 0 Å². The second-order valence-corrected chi connectivity index (χ2v) is 20.9. The highest BCUT2D eigenvalue weighted by atomic mass is 16.6. The van der Waals surface area contributed by atoms with E-state index in [4.69, 9.17) is 14.2 Å². The Morgan fingerprint density at radius 2 is 0.547 bits per heavy atom. The smallest absolute Gasteiger partial charge is 0.306 e. The zero-order valence-electron chi connectivity index (χ0n) is 49.3. The van der Waals surface area contributed by atoms with Crippen LogP contribution in [-0.2, 0) is 28.6 Å². The number of allylic oxidation sites excluding steroid dienone is 16. The Kier molecular flexibility index (Phi) is 59.8. The lowest BCUT2D eigenvalue weighted by Crippen LogP contribution is -2.30. The van der Waals surface area contributed by atoms with E-state index in [1.807, 2.05) is 0 Å². The number of rotatable bonds is 57. The minimum Gasteiger partial charge on any atom is -0.462 e. The predicted octanol–water partition coefficient (Wildman–Crippen LogP) is 21.7. The van der Waals surface area contributed by atoms with E-state index in [0.717, 1.165) is 128 Å². The van der Waals surface area contributed by atoms with Crippen molar-refractivity contribution in [3.8, 4) is 0 Å². The standard InChI is InChI=1S/C69H118O6/c1-4-7-10-13-16-19-22-24-26-27-28-29-30-31-32-33-34-35-36-37-38-39-40-41-42-43-44-46-47-50-53-56-59-62-68(71)74-65-66(64-73-67(70)61-58-55-52-49-21-18-15-12-9-6-3)75-69(72)63-60-57-54-51-48-45-25-23-20-17-14-11-8-5-2/h7,10,12,14-17,19,23-26,28-29,31-32,66H,4-6,8-9,11,13,18,20-22,27,30,33-65H2,1-3H3/b10-7-,15-12-,17-14-,19-16-,25-23-,26-24-,29-28-,32-31-. The van der Waals surface area contributed by atoms with Crippen molar-refractivity contribution < 1.29 is 28.6 Å². The molecule has 0 bridgehead atoms. The van der Waals surface area contributed by atoms with Gasteiger partial charge in [0.2, 0.25) is 0 Å². The average Bonchev–Trinajstić information content (AvgIpc) is 3.41. The molecule has 0 aromatic heterocycles. The highest BCUT2D eigenvalue weighted by Gasteiger charge is 2.19. The third-order valence-electron chi connectivity index (χ3n) is 13.5. The fourth-order valence-electron chi connectivity index (χ4n) is 8.78. The molecule has 0 fully saturated rings. The summed E-state index contributed by atoms with van der Waals surface area (Å²) in [5, 5.41) is 0. The monoisotopic (exact) mass is 1040 g/mol. The van der Waals surface area contributed by atoms with E-state index in [1.54, 1.807) is 0 Å². The molecule has 430 valence electrons. The topological polar surface area (TPSA) is 78.9 Å². The first-order valence-electron chi connectivity index (χ1n) is 31.7. The van der Waals surface area contributed by atoms with Crippen LogP contribution in [0.2, 0.25) is 0 Å². The van der Waals surface area contributed by atoms with Crippen molar-refractivity contribution in [1.82, 2.24) is 0 Å². The third-order valence-corrected chi connectivity index (χ3v) is 13.5. The first-order valence-corrected chi connectivity index (χ1v) is 31.7. The zero-order valence-corrected chi connectivity index (χ0v) is 49.3. The molecule has 0 radical (unpaired) electrons. The molecule has 0 aromatic rings. The van der Waals surface area contributed by atoms with Gasteiger partial charge in [-0.3, -0.25) is 14.4 Å². The van der Waals surface area contributed by atoms with Gasteiger partial charge in [-0.15, -0.1) is 0 Å².